The van der Waals surface area contributed by atoms with E-state index < -0.39 is 0 Å². The molecule has 0 aliphatic carbocycles. The van der Waals surface area contributed by atoms with Gasteiger partial charge in [-0.15, -0.1) is 0 Å². The van der Waals surface area contributed by atoms with Gasteiger partial charge in [0.05, 0.1) is 5.69 Å². The lowest BCUT2D eigenvalue weighted by Crippen LogP contribution is -2.35. The molecule has 1 aliphatic rings. The van der Waals surface area contributed by atoms with Crippen LogP contribution < -0.4 is 10.9 Å². The molecule has 3 rings (SSSR count). The van der Waals surface area contributed by atoms with E-state index in [1.54, 1.807) is 0 Å². The molecule has 0 bridgehead atoms. The van der Waals surface area contributed by atoms with Crippen molar-refractivity contribution < 1.29 is 0 Å². The molecule has 0 spiro atoms. The van der Waals surface area contributed by atoms with Crippen LogP contribution in [-0.2, 0) is 6.54 Å². The summed E-state index contributed by atoms with van der Waals surface area (Å²) in [4.78, 5) is 24.3. The van der Waals surface area contributed by atoms with Gasteiger partial charge in [-0.05, 0) is 52.8 Å². The van der Waals surface area contributed by atoms with E-state index in [2.05, 4.69) is 20.2 Å². The number of aromatic nitrogens is 3. The molecule has 6 nitrogen and oxygen atoms in total. The maximum absolute atomic E-state index is 12.7. The number of pyridine rings is 1. The Labute approximate surface area is 142 Å². The Morgan fingerprint density at radius 1 is 1.12 bits per heavy atom. The van der Waals surface area contributed by atoms with Gasteiger partial charge in [-0.2, -0.15) is 4.98 Å². The van der Waals surface area contributed by atoms with Crippen molar-refractivity contribution in [3.05, 3.63) is 27.7 Å². The molecule has 1 fully saturated rings. The van der Waals surface area contributed by atoms with Crippen LogP contribution in [0.2, 0.25) is 0 Å². The zero-order valence-corrected chi connectivity index (χ0v) is 14.9. The normalized spacial score (nSPS) is 15.8. The van der Waals surface area contributed by atoms with Gasteiger partial charge in [0, 0.05) is 30.6 Å². The smallest absolute Gasteiger partial charge is 0.255 e. The average Bonchev–Trinajstić information content (AvgIpc) is 2.58. The van der Waals surface area contributed by atoms with Crippen LogP contribution in [0.1, 0.15) is 37.4 Å². The van der Waals surface area contributed by atoms with Gasteiger partial charge in [0.15, 0.2) is 0 Å². The molecule has 1 saturated heterocycles. The van der Waals surface area contributed by atoms with Crippen LogP contribution in [0, 0.1) is 13.8 Å². The lowest BCUT2D eigenvalue weighted by atomic mass is 10.1. The highest BCUT2D eigenvalue weighted by atomic mass is 16.1. The van der Waals surface area contributed by atoms with Crippen molar-refractivity contribution in [2.24, 2.45) is 0 Å². The van der Waals surface area contributed by atoms with Crippen LogP contribution in [0.5, 0.6) is 0 Å². The Balaban J connectivity index is 1.99. The largest absolute Gasteiger partial charge is 0.354 e. The van der Waals surface area contributed by atoms with E-state index in [9.17, 15) is 4.79 Å². The number of hydrogen-bond donors (Lipinski definition) is 1. The van der Waals surface area contributed by atoms with Crippen molar-refractivity contribution in [3.63, 3.8) is 0 Å². The number of fused-ring (bicyclic) bond motifs is 1. The molecule has 2 aromatic heterocycles. The second kappa shape index (κ2) is 7.30. The fourth-order valence-electron chi connectivity index (χ4n) is 3.40. The molecule has 0 unspecified atom stereocenters. The number of anilines is 1. The Hall–Kier alpha value is -1.95. The minimum Gasteiger partial charge on any atom is -0.354 e. The van der Waals surface area contributed by atoms with Crippen LogP contribution in [-0.4, -0.2) is 45.6 Å². The van der Waals surface area contributed by atoms with Gasteiger partial charge in [-0.1, -0.05) is 6.42 Å². The summed E-state index contributed by atoms with van der Waals surface area (Å²) >= 11 is 0. The summed E-state index contributed by atoms with van der Waals surface area (Å²) < 4.78 is 1.83. The molecule has 6 heteroatoms. The fraction of sp³-hybridized carbons (Fsp3) is 0.611. The molecule has 24 heavy (non-hydrogen) atoms. The molecular weight excluding hydrogens is 302 g/mol. The van der Waals surface area contributed by atoms with E-state index in [1.807, 2.05) is 31.4 Å². The molecule has 1 N–H and O–H groups in total. The predicted octanol–water partition coefficient (Wildman–Crippen LogP) is 2.33. The first-order chi connectivity index (χ1) is 11.6. The number of nitrogens with zero attached hydrogens (tertiary/aromatic N) is 4. The molecule has 3 heterocycles. The van der Waals surface area contributed by atoms with E-state index >= 15 is 0 Å². The number of hydrogen-bond acceptors (Lipinski definition) is 5. The third kappa shape index (κ3) is 3.43. The molecule has 0 saturated carbocycles. The highest BCUT2D eigenvalue weighted by Gasteiger charge is 2.15. The minimum absolute atomic E-state index is 0.0556. The number of nitrogens with one attached hydrogen (secondary N) is 1. The van der Waals surface area contributed by atoms with Gasteiger partial charge in [0.2, 0.25) is 5.95 Å². The summed E-state index contributed by atoms with van der Waals surface area (Å²) in [6, 6.07) is 1.92. The van der Waals surface area contributed by atoms with Crippen LogP contribution in [0.25, 0.3) is 11.0 Å². The molecule has 2 aromatic rings. The Kier molecular flexibility index (Phi) is 5.14. The molecule has 0 aromatic carbocycles. The molecule has 130 valence electrons. The molecule has 0 radical (unpaired) electrons. The summed E-state index contributed by atoms with van der Waals surface area (Å²) in [6.45, 7) is 10.5. The summed E-state index contributed by atoms with van der Waals surface area (Å²) in [6.07, 6.45) is 3.84. The summed E-state index contributed by atoms with van der Waals surface area (Å²) in [5.41, 5.74) is 2.46. The van der Waals surface area contributed by atoms with Gasteiger partial charge in [0.25, 0.3) is 5.56 Å². The first-order valence-electron chi connectivity index (χ1n) is 8.95. The second-order valence-electron chi connectivity index (χ2n) is 6.59. The maximum atomic E-state index is 12.7. The predicted molar refractivity (Wildman–Crippen MR) is 97.7 cm³/mol. The number of piperidine rings is 1. The van der Waals surface area contributed by atoms with Gasteiger partial charge >= 0.3 is 0 Å². The van der Waals surface area contributed by atoms with Crippen LogP contribution in [0.4, 0.5) is 5.95 Å². The highest BCUT2D eigenvalue weighted by molar-refractivity contribution is 5.79. The van der Waals surface area contributed by atoms with Crippen molar-refractivity contribution in [3.8, 4) is 0 Å². The van der Waals surface area contributed by atoms with Gasteiger partial charge in [0.1, 0.15) is 5.65 Å². The van der Waals surface area contributed by atoms with Crippen molar-refractivity contribution in [1.82, 2.24) is 19.4 Å². The second-order valence-corrected chi connectivity index (χ2v) is 6.59. The summed E-state index contributed by atoms with van der Waals surface area (Å²) in [5, 5.41) is 4.12. The van der Waals surface area contributed by atoms with Crippen molar-refractivity contribution in [2.75, 3.05) is 31.5 Å². The van der Waals surface area contributed by atoms with Crippen molar-refractivity contribution >= 4 is 17.0 Å². The fourth-order valence-corrected chi connectivity index (χ4v) is 3.40. The zero-order chi connectivity index (χ0) is 17.1. The summed E-state index contributed by atoms with van der Waals surface area (Å²) in [7, 11) is 0. The minimum atomic E-state index is 0.0556. The Morgan fingerprint density at radius 2 is 1.88 bits per heavy atom. The highest BCUT2D eigenvalue weighted by Crippen LogP contribution is 2.17. The first kappa shape index (κ1) is 16.9. The van der Waals surface area contributed by atoms with Crippen LogP contribution >= 0.6 is 0 Å². The van der Waals surface area contributed by atoms with Gasteiger partial charge < -0.3 is 10.2 Å². The topological polar surface area (TPSA) is 63.1 Å². The molecule has 1 aliphatic heterocycles. The van der Waals surface area contributed by atoms with Crippen molar-refractivity contribution in [1.29, 1.82) is 0 Å². The molecule has 0 amide bonds. The zero-order valence-electron chi connectivity index (χ0n) is 14.9. The number of rotatable bonds is 5. The lowest BCUT2D eigenvalue weighted by molar-refractivity contribution is 0.221. The Bertz CT molecular complexity index is 777. The summed E-state index contributed by atoms with van der Waals surface area (Å²) in [5.74, 6) is 0.595. The monoisotopic (exact) mass is 329 g/mol. The Morgan fingerprint density at radius 3 is 2.58 bits per heavy atom. The van der Waals surface area contributed by atoms with E-state index in [4.69, 9.17) is 0 Å². The first-order valence-corrected chi connectivity index (χ1v) is 8.95. The lowest BCUT2D eigenvalue weighted by Gasteiger charge is -2.26. The SMILES string of the molecule is CCNc1nc(C)c2cc(C)c(=O)n(CCN3CCCCC3)c2n1. The van der Waals surface area contributed by atoms with Crippen LogP contribution in [0.15, 0.2) is 10.9 Å². The van der Waals surface area contributed by atoms with Crippen LogP contribution in [0.3, 0.4) is 0 Å². The average molecular weight is 329 g/mol. The van der Waals surface area contributed by atoms with Crippen molar-refractivity contribution in [2.45, 2.75) is 46.6 Å². The van der Waals surface area contributed by atoms with Gasteiger partial charge in [-0.3, -0.25) is 9.36 Å². The number of likely N-dealkylation sites (tertiary alicyclic amines) is 1. The quantitative estimate of drug-likeness (QED) is 0.912. The third-order valence-electron chi connectivity index (χ3n) is 4.74. The maximum Gasteiger partial charge on any atom is 0.255 e. The van der Waals surface area contributed by atoms with E-state index in [0.29, 0.717) is 12.5 Å². The van der Waals surface area contributed by atoms with E-state index in [0.717, 1.165) is 48.5 Å². The molecular formula is C18H27N5O. The van der Waals surface area contributed by atoms with Gasteiger partial charge in [-0.25, -0.2) is 4.98 Å². The molecule has 0 atom stereocenters. The third-order valence-corrected chi connectivity index (χ3v) is 4.74. The van der Waals surface area contributed by atoms with E-state index in [1.165, 1.54) is 19.3 Å². The number of aryl methyl sites for hydroxylation is 2. The van der Waals surface area contributed by atoms with E-state index in [-0.39, 0.29) is 5.56 Å². The standard InChI is InChI=1S/C18H27N5O/c1-4-19-18-20-14(3)15-12-13(2)17(24)23(16(15)21-18)11-10-22-8-6-5-7-9-22/h12H,4-11H2,1-3H3,(H,19,20,21).